The summed E-state index contributed by atoms with van der Waals surface area (Å²) in [6.07, 6.45) is 0.236. The van der Waals surface area contributed by atoms with Crippen molar-refractivity contribution >= 4 is 20.9 Å². The van der Waals surface area contributed by atoms with Crippen LogP contribution >= 0.6 is 0 Å². The van der Waals surface area contributed by atoms with E-state index < -0.39 is 27.2 Å². The fourth-order valence-corrected chi connectivity index (χ4v) is 2.88. The summed E-state index contributed by atoms with van der Waals surface area (Å²) < 4.78 is 78.7. The lowest BCUT2D eigenvalue weighted by Gasteiger charge is -2.17. The maximum absolute atomic E-state index is 13.8. The normalized spacial score (nSPS) is 12.7. The van der Waals surface area contributed by atoms with E-state index in [0.29, 0.717) is 16.5 Å². The van der Waals surface area contributed by atoms with Gasteiger partial charge in [0.2, 0.25) is 0 Å². The average Bonchev–Trinajstić information content (AvgIpc) is 2.40. The van der Waals surface area contributed by atoms with Gasteiger partial charge in [-0.2, -0.15) is 21.6 Å². The van der Waals surface area contributed by atoms with Crippen molar-refractivity contribution in [2.75, 3.05) is 0 Å². The fraction of sp³-hybridized carbons (Fsp3) is 0.333. The van der Waals surface area contributed by atoms with Crippen molar-refractivity contribution in [1.82, 2.24) is 0 Å². The van der Waals surface area contributed by atoms with Crippen LogP contribution in [0.4, 0.5) is 17.6 Å². The Morgan fingerprint density at radius 2 is 1.65 bits per heavy atom. The maximum Gasteiger partial charge on any atom is 0.534 e. The van der Waals surface area contributed by atoms with Crippen LogP contribution in [-0.4, -0.2) is 13.9 Å². The summed E-state index contributed by atoms with van der Waals surface area (Å²) in [4.78, 5) is 0. The fourth-order valence-electron chi connectivity index (χ4n) is 2.37. The largest absolute Gasteiger partial charge is 0.534 e. The molecule has 0 bridgehead atoms. The van der Waals surface area contributed by atoms with Crippen LogP contribution in [0.3, 0.4) is 0 Å². The van der Waals surface area contributed by atoms with Gasteiger partial charge in [-0.05, 0) is 54.5 Å². The first-order chi connectivity index (χ1) is 10.5. The first-order valence-electron chi connectivity index (χ1n) is 6.71. The molecule has 0 saturated carbocycles. The second kappa shape index (κ2) is 5.67. The lowest BCUT2D eigenvalue weighted by Crippen LogP contribution is -2.28. The standard InChI is InChI=1S/C15H14F4O3S/c1-4-11-8(2)5-10-6-9(3)13(16)7-12(10)14(11)22-23(20,21)15(17,18)19/h5-7H,4H2,1-3H3. The highest BCUT2D eigenvalue weighted by atomic mass is 32.2. The van der Waals surface area contributed by atoms with E-state index in [1.54, 1.807) is 19.9 Å². The van der Waals surface area contributed by atoms with Gasteiger partial charge in [-0.15, -0.1) is 0 Å². The lowest BCUT2D eigenvalue weighted by molar-refractivity contribution is -0.0499. The van der Waals surface area contributed by atoms with Crippen LogP contribution in [0.15, 0.2) is 18.2 Å². The number of hydrogen-bond donors (Lipinski definition) is 0. The molecule has 2 rings (SSSR count). The monoisotopic (exact) mass is 350 g/mol. The summed E-state index contributed by atoms with van der Waals surface area (Å²) in [6, 6.07) is 4.09. The zero-order chi connectivity index (χ0) is 17.6. The van der Waals surface area contributed by atoms with Crippen LogP contribution in [0.5, 0.6) is 5.75 Å². The van der Waals surface area contributed by atoms with Gasteiger partial charge in [0, 0.05) is 5.39 Å². The Balaban J connectivity index is 2.81. The van der Waals surface area contributed by atoms with Gasteiger partial charge in [0.05, 0.1) is 0 Å². The smallest absolute Gasteiger partial charge is 0.375 e. The summed E-state index contributed by atoms with van der Waals surface area (Å²) >= 11 is 0. The minimum atomic E-state index is -5.84. The van der Waals surface area contributed by atoms with Gasteiger partial charge in [-0.3, -0.25) is 0 Å². The number of benzene rings is 2. The van der Waals surface area contributed by atoms with Crippen LogP contribution in [0.1, 0.15) is 23.6 Å². The Kier molecular flexibility index (Phi) is 4.32. The first kappa shape index (κ1) is 17.5. The number of fused-ring (bicyclic) bond motifs is 1. The van der Waals surface area contributed by atoms with Crippen LogP contribution in [0, 0.1) is 19.7 Å². The molecule has 8 heteroatoms. The molecule has 0 aliphatic carbocycles. The summed E-state index contributed by atoms with van der Waals surface area (Å²) in [5, 5.41) is 0.398. The van der Waals surface area contributed by atoms with Crippen molar-refractivity contribution < 1.29 is 30.2 Å². The summed E-state index contributed by atoms with van der Waals surface area (Å²) in [6.45, 7) is 4.78. The molecular weight excluding hydrogens is 336 g/mol. The van der Waals surface area contributed by atoms with E-state index in [4.69, 9.17) is 0 Å². The SMILES string of the molecule is CCc1c(C)cc2cc(C)c(F)cc2c1OS(=O)(=O)C(F)(F)F. The Morgan fingerprint density at radius 3 is 2.17 bits per heavy atom. The topological polar surface area (TPSA) is 43.4 Å². The molecular formula is C15H14F4O3S. The first-order valence-corrected chi connectivity index (χ1v) is 8.12. The zero-order valence-corrected chi connectivity index (χ0v) is 13.4. The molecule has 2 aromatic carbocycles. The number of halogens is 4. The molecule has 126 valence electrons. The molecule has 23 heavy (non-hydrogen) atoms. The summed E-state index contributed by atoms with van der Waals surface area (Å²) in [5.74, 6) is -1.13. The molecule has 0 unspecified atom stereocenters. The third-order valence-corrected chi connectivity index (χ3v) is 4.48. The van der Waals surface area contributed by atoms with Gasteiger partial charge in [0.15, 0.2) is 5.75 Å². The Labute approximate surface area is 131 Å². The number of hydrogen-bond acceptors (Lipinski definition) is 3. The van der Waals surface area contributed by atoms with Crippen molar-refractivity contribution in [2.24, 2.45) is 0 Å². The van der Waals surface area contributed by atoms with Crippen LogP contribution in [-0.2, 0) is 16.5 Å². The molecule has 2 aromatic rings. The van der Waals surface area contributed by atoms with E-state index >= 15 is 0 Å². The highest BCUT2D eigenvalue weighted by Gasteiger charge is 2.49. The van der Waals surface area contributed by atoms with E-state index in [-0.39, 0.29) is 17.4 Å². The van der Waals surface area contributed by atoms with Gasteiger partial charge < -0.3 is 4.18 Å². The Hall–Kier alpha value is -1.83. The van der Waals surface area contributed by atoms with Crippen molar-refractivity contribution in [3.63, 3.8) is 0 Å². The predicted octanol–water partition coefficient (Wildman–Crippen LogP) is 4.39. The molecule has 3 nitrogen and oxygen atoms in total. The number of aryl methyl sites for hydroxylation is 2. The molecule has 0 radical (unpaired) electrons. The quantitative estimate of drug-likeness (QED) is 0.469. The highest BCUT2D eigenvalue weighted by Crippen LogP contribution is 2.37. The Morgan fingerprint density at radius 1 is 1.09 bits per heavy atom. The maximum atomic E-state index is 13.8. The van der Waals surface area contributed by atoms with Crippen molar-refractivity contribution in [3.05, 3.63) is 40.7 Å². The zero-order valence-electron chi connectivity index (χ0n) is 12.6. The van der Waals surface area contributed by atoms with E-state index in [0.717, 1.165) is 6.07 Å². The molecule has 0 aliphatic heterocycles. The van der Waals surface area contributed by atoms with Crippen LogP contribution in [0.2, 0.25) is 0 Å². The number of rotatable bonds is 3. The average molecular weight is 350 g/mol. The minimum absolute atomic E-state index is 0.0108. The van der Waals surface area contributed by atoms with Crippen molar-refractivity contribution in [1.29, 1.82) is 0 Å². The minimum Gasteiger partial charge on any atom is -0.375 e. The van der Waals surface area contributed by atoms with Crippen molar-refractivity contribution in [3.8, 4) is 5.75 Å². The molecule has 0 spiro atoms. The van der Waals surface area contributed by atoms with Gasteiger partial charge in [-0.25, -0.2) is 4.39 Å². The third-order valence-electron chi connectivity index (χ3n) is 3.53. The lowest BCUT2D eigenvalue weighted by atomic mass is 9.97. The third kappa shape index (κ3) is 3.12. The molecule has 0 fully saturated rings. The second-order valence-corrected chi connectivity index (χ2v) is 6.70. The van der Waals surface area contributed by atoms with Crippen LogP contribution in [0.25, 0.3) is 10.8 Å². The van der Waals surface area contributed by atoms with Gasteiger partial charge in [0.25, 0.3) is 0 Å². The van der Waals surface area contributed by atoms with Gasteiger partial charge in [0.1, 0.15) is 5.82 Å². The molecule has 0 atom stereocenters. The highest BCUT2D eigenvalue weighted by molar-refractivity contribution is 7.88. The molecule has 0 aliphatic rings. The second-order valence-electron chi connectivity index (χ2n) is 5.16. The van der Waals surface area contributed by atoms with Gasteiger partial charge in [-0.1, -0.05) is 13.0 Å². The van der Waals surface area contributed by atoms with Crippen LogP contribution < -0.4 is 4.18 Å². The van der Waals surface area contributed by atoms with Crippen molar-refractivity contribution in [2.45, 2.75) is 32.7 Å². The summed E-state index contributed by atoms with van der Waals surface area (Å²) in [5.41, 5.74) is -4.41. The van der Waals surface area contributed by atoms with E-state index in [2.05, 4.69) is 4.18 Å². The van der Waals surface area contributed by atoms with E-state index in [1.165, 1.54) is 13.0 Å². The Bertz CT molecular complexity index is 871. The molecule has 0 aromatic heterocycles. The summed E-state index contributed by atoms with van der Waals surface area (Å²) in [7, 11) is -5.84. The number of alkyl halides is 3. The molecule has 0 N–H and O–H groups in total. The predicted molar refractivity (Wildman–Crippen MR) is 78.4 cm³/mol. The molecule has 0 saturated heterocycles. The van der Waals surface area contributed by atoms with E-state index in [1.807, 2.05) is 0 Å². The molecule has 0 heterocycles. The van der Waals surface area contributed by atoms with Gasteiger partial charge >= 0.3 is 15.6 Å². The molecule has 0 amide bonds. The van der Waals surface area contributed by atoms with E-state index in [9.17, 15) is 26.0 Å².